The maximum absolute atomic E-state index is 12.9. The highest BCUT2D eigenvalue weighted by atomic mass is 32.2. The van der Waals surface area contributed by atoms with Crippen molar-refractivity contribution < 1.29 is 22.7 Å². The molecule has 7 nitrogen and oxygen atoms in total. The Balaban J connectivity index is 1.76. The van der Waals surface area contributed by atoms with Gasteiger partial charge in [0.15, 0.2) is 0 Å². The Morgan fingerprint density at radius 2 is 1.55 bits per heavy atom. The third-order valence-corrected chi connectivity index (χ3v) is 6.13. The molecule has 0 heterocycles. The number of rotatable bonds is 8. The highest BCUT2D eigenvalue weighted by Gasteiger charge is 2.18. The molecule has 8 heteroatoms. The van der Waals surface area contributed by atoms with Gasteiger partial charge in [0, 0.05) is 11.4 Å². The van der Waals surface area contributed by atoms with Crippen LogP contribution >= 0.6 is 0 Å². The summed E-state index contributed by atoms with van der Waals surface area (Å²) in [5.41, 5.74) is 2.16. The summed E-state index contributed by atoms with van der Waals surface area (Å²) < 4.78 is 38.6. The highest BCUT2D eigenvalue weighted by molar-refractivity contribution is 7.92. The predicted octanol–water partition coefficient (Wildman–Crippen LogP) is 3.99. The molecule has 0 radical (unpaired) electrons. The van der Waals surface area contributed by atoms with E-state index in [-0.39, 0.29) is 17.2 Å². The van der Waals surface area contributed by atoms with Crippen molar-refractivity contribution in [2.24, 2.45) is 0 Å². The molecule has 0 bridgehead atoms. The molecule has 0 atom stereocenters. The molecule has 3 rings (SSSR count). The van der Waals surface area contributed by atoms with E-state index in [0.29, 0.717) is 28.4 Å². The molecule has 2 N–H and O–H groups in total. The monoisotopic (exact) mass is 440 g/mol. The van der Waals surface area contributed by atoms with Gasteiger partial charge in [0.2, 0.25) is 5.91 Å². The van der Waals surface area contributed by atoms with Gasteiger partial charge in [-0.05, 0) is 66.6 Å². The number of hydrogen-bond donors (Lipinski definition) is 2. The second-order valence-corrected chi connectivity index (χ2v) is 8.54. The van der Waals surface area contributed by atoms with Crippen LogP contribution in [0, 0.1) is 6.92 Å². The Hall–Kier alpha value is -3.52. The van der Waals surface area contributed by atoms with Crippen LogP contribution in [0.5, 0.6) is 11.5 Å². The topological polar surface area (TPSA) is 93.7 Å². The molecule has 162 valence electrons. The summed E-state index contributed by atoms with van der Waals surface area (Å²) >= 11 is 0. The van der Waals surface area contributed by atoms with E-state index in [1.54, 1.807) is 62.6 Å². The van der Waals surface area contributed by atoms with E-state index in [4.69, 9.17) is 9.47 Å². The summed E-state index contributed by atoms with van der Waals surface area (Å²) in [6.45, 7) is 1.70. The minimum absolute atomic E-state index is 0.0856. The first kappa shape index (κ1) is 22.2. The molecule has 0 saturated carbocycles. The molecule has 0 aliphatic carbocycles. The van der Waals surface area contributed by atoms with E-state index >= 15 is 0 Å². The van der Waals surface area contributed by atoms with Gasteiger partial charge in [-0.1, -0.05) is 18.2 Å². The Labute approximate surface area is 182 Å². The van der Waals surface area contributed by atoms with Crippen LogP contribution in [0.2, 0.25) is 0 Å². The first-order chi connectivity index (χ1) is 14.8. The maximum atomic E-state index is 12.9. The molecular weight excluding hydrogens is 416 g/mol. The molecule has 3 aromatic rings. The van der Waals surface area contributed by atoms with E-state index in [1.807, 2.05) is 12.1 Å². The van der Waals surface area contributed by atoms with Crippen molar-refractivity contribution in [2.75, 3.05) is 24.3 Å². The number of ether oxygens (including phenoxy) is 2. The summed E-state index contributed by atoms with van der Waals surface area (Å²) in [5, 5.41) is 2.76. The summed E-state index contributed by atoms with van der Waals surface area (Å²) in [6, 6.07) is 18.6. The summed E-state index contributed by atoms with van der Waals surface area (Å²) in [4.78, 5) is 12.5. The Bertz CT molecular complexity index is 1170. The van der Waals surface area contributed by atoms with Gasteiger partial charge < -0.3 is 14.8 Å². The third-order valence-electron chi connectivity index (χ3n) is 4.60. The largest absolute Gasteiger partial charge is 0.497 e. The molecule has 0 spiro atoms. The van der Waals surface area contributed by atoms with Gasteiger partial charge in [-0.2, -0.15) is 0 Å². The van der Waals surface area contributed by atoms with Crippen LogP contribution in [0.15, 0.2) is 71.6 Å². The lowest BCUT2D eigenvalue weighted by Crippen LogP contribution is -2.17. The molecule has 0 aromatic heterocycles. The molecular formula is C23H24N2O5S. The predicted molar refractivity (Wildman–Crippen MR) is 120 cm³/mol. The number of aryl methyl sites for hydroxylation is 1. The quantitative estimate of drug-likeness (QED) is 0.552. The number of sulfonamides is 1. The molecule has 0 aliphatic heterocycles. The van der Waals surface area contributed by atoms with Gasteiger partial charge in [-0.3, -0.25) is 9.52 Å². The number of methoxy groups -OCH3 is 2. The SMILES string of the molecule is COc1ccc(NS(=O)(=O)c2cc(NC(=O)Cc3cccc(OC)c3)ccc2C)cc1. The lowest BCUT2D eigenvalue weighted by molar-refractivity contribution is -0.115. The van der Waals surface area contributed by atoms with Gasteiger partial charge in [0.05, 0.1) is 25.5 Å². The van der Waals surface area contributed by atoms with Crippen molar-refractivity contribution in [2.45, 2.75) is 18.2 Å². The standard InChI is InChI=1S/C23H24N2O5S/c1-16-7-8-19(24-23(26)14-17-5-4-6-21(13-17)30-3)15-22(16)31(27,28)25-18-9-11-20(29-2)12-10-18/h4-13,15,25H,14H2,1-3H3,(H,24,26). The fourth-order valence-corrected chi connectivity index (χ4v) is 4.34. The van der Waals surface area contributed by atoms with Crippen LogP contribution in [0.1, 0.15) is 11.1 Å². The first-order valence-corrected chi connectivity index (χ1v) is 11.0. The number of carbonyl (C=O) groups is 1. The Morgan fingerprint density at radius 1 is 0.871 bits per heavy atom. The van der Waals surface area contributed by atoms with E-state index in [1.165, 1.54) is 13.2 Å². The van der Waals surface area contributed by atoms with Crippen molar-refractivity contribution in [3.8, 4) is 11.5 Å². The van der Waals surface area contributed by atoms with Crippen molar-refractivity contribution in [1.82, 2.24) is 0 Å². The average Bonchev–Trinajstić information content (AvgIpc) is 2.75. The number of benzene rings is 3. The van der Waals surface area contributed by atoms with Crippen molar-refractivity contribution in [3.05, 3.63) is 77.9 Å². The van der Waals surface area contributed by atoms with E-state index in [2.05, 4.69) is 10.0 Å². The zero-order valence-corrected chi connectivity index (χ0v) is 18.3. The molecule has 31 heavy (non-hydrogen) atoms. The number of anilines is 2. The van der Waals surface area contributed by atoms with Gasteiger partial charge in [0.1, 0.15) is 11.5 Å². The van der Waals surface area contributed by atoms with E-state index < -0.39 is 10.0 Å². The normalized spacial score (nSPS) is 10.9. The fourth-order valence-electron chi connectivity index (χ4n) is 3.01. The van der Waals surface area contributed by atoms with Crippen LogP contribution in [0.25, 0.3) is 0 Å². The number of nitrogens with one attached hydrogen (secondary N) is 2. The van der Waals surface area contributed by atoms with Crippen LogP contribution in [0.3, 0.4) is 0 Å². The number of hydrogen-bond acceptors (Lipinski definition) is 5. The van der Waals surface area contributed by atoms with Gasteiger partial charge in [-0.25, -0.2) is 8.42 Å². The van der Waals surface area contributed by atoms with E-state index in [9.17, 15) is 13.2 Å². The summed E-state index contributed by atoms with van der Waals surface area (Å²) in [5.74, 6) is 1.03. The zero-order chi connectivity index (χ0) is 22.4. The smallest absolute Gasteiger partial charge is 0.262 e. The van der Waals surface area contributed by atoms with Gasteiger partial charge >= 0.3 is 0 Å². The average molecular weight is 441 g/mol. The minimum atomic E-state index is -3.85. The molecule has 0 unspecified atom stereocenters. The molecule has 3 aromatic carbocycles. The molecule has 1 amide bonds. The maximum Gasteiger partial charge on any atom is 0.262 e. The summed E-state index contributed by atoms with van der Waals surface area (Å²) in [7, 11) is -0.747. The van der Waals surface area contributed by atoms with Crippen molar-refractivity contribution in [1.29, 1.82) is 0 Å². The third kappa shape index (κ3) is 5.76. The Kier molecular flexibility index (Phi) is 6.81. The van der Waals surface area contributed by atoms with Gasteiger partial charge in [0.25, 0.3) is 10.0 Å². The number of amides is 1. The highest BCUT2D eigenvalue weighted by Crippen LogP contribution is 2.24. The van der Waals surface area contributed by atoms with Crippen LogP contribution < -0.4 is 19.5 Å². The first-order valence-electron chi connectivity index (χ1n) is 9.51. The fraction of sp³-hybridized carbons (Fsp3) is 0.174. The van der Waals surface area contributed by atoms with Crippen molar-refractivity contribution >= 4 is 27.3 Å². The number of carbonyl (C=O) groups excluding carboxylic acids is 1. The lowest BCUT2D eigenvalue weighted by Gasteiger charge is -2.13. The second-order valence-electron chi connectivity index (χ2n) is 6.89. The van der Waals surface area contributed by atoms with Crippen molar-refractivity contribution in [3.63, 3.8) is 0 Å². The second kappa shape index (κ2) is 9.53. The molecule has 0 aliphatic rings. The lowest BCUT2D eigenvalue weighted by atomic mass is 10.1. The Morgan fingerprint density at radius 3 is 2.23 bits per heavy atom. The zero-order valence-electron chi connectivity index (χ0n) is 17.5. The summed E-state index contributed by atoms with van der Waals surface area (Å²) in [6.07, 6.45) is 0.136. The van der Waals surface area contributed by atoms with E-state index in [0.717, 1.165) is 5.56 Å². The van der Waals surface area contributed by atoms with Crippen LogP contribution in [0.4, 0.5) is 11.4 Å². The van der Waals surface area contributed by atoms with Crippen LogP contribution in [-0.4, -0.2) is 28.5 Å². The molecule has 0 fully saturated rings. The van der Waals surface area contributed by atoms with Crippen LogP contribution in [-0.2, 0) is 21.2 Å². The minimum Gasteiger partial charge on any atom is -0.497 e. The molecule has 0 saturated heterocycles. The van der Waals surface area contributed by atoms with Gasteiger partial charge in [-0.15, -0.1) is 0 Å².